The minimum Gasteiger partial charge on any atom is -0.395 e. The van der Waals surface area contributed by atoms with Crippen molar-refractivity contribution in [2.75, 3.05) is 11.1 Å². The van der Waals surface area contributed by atoms with E-state index in [0.29, 0.717) is 11.3 Å². The van der Waals surface area contributed by atoms with Gasteiger partial charge in [-0.25, -0.2) is 4.52 Å². The van der Waals surface area contributed by atoms with Gasteiger partial charge in [-0.05, 0) is 41.0 Å². The number of rotatable bonds is 4. The van der Waals surface area contributed by atoms with Crippen LogP contribution in [-0.4, -0.2) is 26.8 Å². The first-order valence-electron chi connectivity index (χ1n) is 9.26. The Morgan fingerprint density at radius 1 is 1.03 bits per heavy atom. The maximum absolute atomic E-state index is 13.1. The number of nitrogen functional groups attached to an aromatic ring is 1. The maximum atomic E-state index is 13.1. The number of fused-ring (bicyclic) bond motifs is 2. The fourth-order valence-corrected chi connectivity index (χ4v) is 3.31. The van der Waals surface area contributed by atoms with Gasteiger partial charge >= 0.3 is 6.29 Å². The Kier molecular flexibility index (Phi) is 4.21. The molecule has 0 fully saturated rings. The van der Waals surface area contributed by atoms with Crippen LogP contribution in [0.15, 0.2) is 60.8 Å². The highest BCUT2D eigenvalue weighted by atomic mass is 19.3. The zero-order valence-electron chi connectivity index (χ0n) is 15.9. The summed E-state index contributed by atoms with van der Waals surface area (Å²) in [7, 11) is 0. The second-order valence-corrected chi connectivity index (χ2v) is 6.94. The van der Waals surface area contributed by atoms with E-state index in [0.717, 1.165) is 16.7 Å². The van der Waals surface area contributed by atoms with Gasteiger partial charge in [-0.2, -0.15) is 4.98 Å². The summed E-state index contributed by atoms with van der Waals surface area (Å²) >= 11 is 0. The summed E-state index contributed by atoms with van der Waals surface area (Å²) < 4.78 is 36.5. The molecule has 3 N–H and O–H groups in total. The second-order valence-electron chi connectivity index (χ2n) is 6.94. The zero-order valence-corrected chi connectivity index (χ0v) is 15.9. The summed E-state index contributed by atoms with van der Waals surface area (Å²) in [5.74, 6) is -0.294. The highest BCUT2D eigenvalue weighted by Gasteiger charge is 2.43. The number of hydrogen-bond acceptors (Lipinski definition) is 6. The summed E-state index contributed by atoms with van der Waals surface area (Å²) in [6, 6.07) is 15.3. The Morgan fingerprint density at radius 3 is 2.61 bits per heavy atom. The summed E-state index contributed by atoms with van der Waals surface area (Å²) in [5.41, 5.74) is 9.27. The molecule has 0 radical (unpaired) electrons. The van der Waals surface area contributed by atoms with Crippen LogP contribution in [0.4, 0.5) is 20.4 Å². The molecule has 0 aliphatic carbocycles. The van der Waals surface area contributed by atoms with Crippen LogP contribution in [-0.2, 0) is 11.2 Å². The number of anilines is 2. The molecule has 3 heterocycles. The Morgan fingerprint density at radius 2 is 1.81 bits per heavy atom. The number of ether oxygens (including phenoxy) is 2. The molecule has 0 bridgehead atoms. The molecule has 4 aromatic rings. The van der Waals surface area contributed by atoms with Crippen LogP contribution in [0.5, 0.6) is 11.5 Å². The van der Waals surface area contributed by atoms with Crippen molar-refractivity contribution in [3.05, 3.63) is 66.4 Å². The fourth-order valence-electron chi connectivity index (χ4n) is 3.31. The molecule has 5 rings (SSSR count). The summed E-state index contributed by atoms with van der Waals surface area (Å²) in [6.45, 7) is 0. The third-order valence-corrected chi connectivity index (χ3v) is 4.69. The van der Waals surface area contributed by atoms with Crippen LogP contribution in [0.25, 0.3) is 16.8 Å². The van der Waals surface area contributed by atoms with E-state index in [2.05, 4.69) is 24.9 Å². The van der Waals surface area contributed by atoms with Crippen LogP contribution < -0.4 is 20.5 Å². The first-order valence-corrected chi connectivity index (χ1v) is 9.26. The molecule has 156 valence electrons. The summed E-state index contributed by atoms with van der Waals surface area (Å²) in [4.78, 5) is 16.5. The summed E-state index contributed by atoms with van der Waals surface area (Å²) in [5, 5.41) is 6.71. The van der Waals surface area contributed by atoms with Gasteiger partial charge in [-0.3, -0.25) is 4.79 Å². The molecular formula is C21H15F2N5O3. The Labute approximate surface area is 174 Å². The molecule has 1 aliphatic heterocycles. The molecule has 1 aliphatic rings. The van der Waals surface area contributed by atoms with Crippen molar-refractivity contribution in [2.45, 2.75) is 12.7 Å². The number of carbonyl (C=O) groups is 1. The van der Waals surface area contributed by atoms with Gasteiger partial charge in [0, 0.05) is 18.0 Å². The van der Waals surface area contributed by atoms with E-state index < -0.39 is 6.29 Å². The number of hydrogen-bond donors (Lipinski definition) is 2. The molecule has 1 amide bonds. The quantitative estimate of drug-likeness (QED) is 0.521. The van der Waals surface area contributed by atoms with Crippen LogP contribution in [0, 0.1) is 0 Å². The molecule has 0 atom stereocenters. The van der Waals surface area contributed by atoms with Crippen molar-refractivity contribution in [3.8, 4) is 22.6 Å². The lowest BCUT2D eigenvalue weighted by Gasteiger charge is -2.07. The van der Waals surface area contributed by atoms with E-state index in [1.165, 1.54) is 18.2 Å². The number of nitrogens with two attached hydrogens (primary N) is 1. The Bertz CT molecular complexity index is 1300. The Balaban J connectivity index is 1.26. The zero-order chi connectivity index (χ0) is 21.6. The monoisotopic (exact) mass is 423 g/mol. The van der Waals surface area contributed by atoms with E-state index in [4.69, 9.17) is 5.73 Å². The van der Waals surface area contributed by atoms with E-state index in [-0.39, 0.29) is 29.8 Å². The highest BCUT2D eigenvalue weighted by Crippen LogP contribution is 2.42. The molecule has 8 nitrogen and oxygen atoms in total. The standard InChI is InChI=1S/C21H15F2N5O3/c22-21(23)30-16-6-5-15(11-17(16)31-21)25-19(29)9-12-1-3-13(4-2-12)14-7-8-28-18(10-14)26-20(24)27-28/h1-8,10-11H,9H2,(H2,24,27)(H,25,29). The molecule has 10 heteroatoms. The molecule has 0 unspecified atom stereocenters. The number of carbonyl (C=O) groups excluding carboxylic acids is 1. The van der Waals surface area contributed by atoms with E-state index in [1.807, 2.05) is 36.4 Å². The van der Waals surface area contributed by atoms with Gasteiger partial charge in [0.25, 0.3) is 0 Å². The number of alkyl halides is 2. The van der Waals surface area contributed by atoms with Crippen LogP contribution in [0.1, 0.15) is 5.56 Å². The second kappa shape index (κ2) is 6.94. The number of nitrogens with one attached hydrogen (secondary N) is 1. The molecule has 31 heavy (non-hydrogen) atoms. The number of halogens is 2. The lowest BCUT2D eigenvalue weighted by atomic mass is 10.0. The lowest BCUT2D eigenvalue weighted by molar-refractivity contribution is -0.286. The molecule has 0 saturated carbocycles. The van der Waals surface area contributed by atoms with Gasteiger partial charge < -0.3 is 20.5 Å². The largest absolute Gasteiger partial charge is 0.586 e. The molecule has 2 aromatic heterocycles. The van der Waals surface area contributed by atoms with Gasteiger partial charge in [0.2, 0.25) is 11.9 Å². The third kappa shape index (κ3) is 3.82. The average molecular weight is 423 g/mol. The smallest absolute Gasteiger partial charge is 0.395 e. The van der Waals surface area contributed by atoms with Crippen molar-refractivity contribution >= 4 is 23.2 Å². The van der Waals surface area contributed by atoms with Crippen molar-refractivity contribution in [3.63, 3.8) is 0 Å². The van der Waals surface area contributed by atoms with Crippen molar-refractivity contribution in [1.82, 2.24) is 14.6 Å². The predicted molar refractivity (Wildman–Crippen MR) is 108 cm³/mol. The molecule has 0 spiro atoms. The van der Waals surface area contributed by atoms with Gasteiger partial charge in [-0.15, -0.1) is 13.9 Å². The van der Waals surface area contributed by atoms with Crippen LogP contribution in [0.2, 0.25) is 0 Å². The predicted octanol–water partition coefficient (Wildman–Crippen LogP) is 3.48. The van der Waals surface area contributed by atoms with Gasteiger partial charge in [0.15, 0.2) is 17.1 Å². The van der Waals surface area contributed by atoms with Gasteiger partial charge in [0.1, 0.15) is 0 Å². The number of amides is 1. The summed E-state index contributed by atoms with van der Waals surface area (Å²) in [6.07, 6.45) is -1.81. The maximum Gasteiger partial charge on any atom is 0.586 e. The van der Waals surface area contributed by atoms with Gasteiger partial charge in [-0.1, -0.05) is 24.3 Å². The van der Waals surface area contributed by atoms with Crippen molar-refractivity contribution in [2.24, 2.45) is 0 Å². The first kappa shape index (κ1) is 18.8. The first-order chi connectivity index (χ1) is 14.8. The van der Waals surface area contributed by atoms with E-state index >= 15 is 0 Å². The third-order valence-electron chi connectivity index (χ3n) is 4.69. The number of aromatic nitrogens is 3. The molecule has 2 aromatic carbocycles. The average Bonchev–Trinajstić information content (AvgIpc) is 3.24. The van der Waals surface area contributed by atoms with Gasteiger partial charge in [0.05, 0.1) is 6.42 Å². The lowest BCUT2D eigenvalue weighted by Crippen LogP contribution is -2.25. The topological polar surface area (TPSA) is 104 Å². The Hall–Kier alpha value is -4.21. The highest BCUT2D eigenvalue weighted by molar-refractivity contribution is 5.92. The molecular weight excluding hydrogens is 408 g/mol. The SMILES string of the molecule is Nc1nc2cc(-c3ccc(CC(=O)Nc4ccc5c(c4)OC(F)(F)O5)cc3)ccn2n1. The van der Waals surface area contributed by atoms with Crippen LogP contribution >= 0.6 is 0 Å². The number of benzene rings is 2. The van der Waals surface area contributed by atoms with Crippen molar-refractivity contribution < 1.29 is 23.0 Å². The minimum atomic E-state index is -3.70. The number of nitrogens with zero attached hydrogens (tertiary/aromatic N) is 3. The minimum absolute atomic E-state index is 0.0782. The van der Waals surface area contributed by atoms with E-state index in [9.17, 15) is 13.6 Å². The molecule has 0 saturated heterocycles. The fraction of sp³-hybridized carbons (Fsp3) is 0.0952. The van der Waals surface area contributed by atoms with Crippen molar-refractivity contribution in [1.29, 1.82) is 0 Å². The normalized spacial score (nSPS) is 14.0. The van der Waals surface area contributed by atoms with Crippen LogP contribution in [0.3, 0.4) is 0 Å². The number of pyridine rings is 1. The van der Waals surface area contributed by atoms with E-state index in [1.54, 1.807) is 10.7 Å².